The van der Waals surface area contributed by atoms with Crippen LogP contribution >= 0.6 is 0 Å². The van der Waals surface area contributed by atoms with Crippen molar-refractivity contribution in [3.8, 4) is 0 Å². The standard InChI is InChI=1S/C14H31NSi/c1-6-9-13-16(4,5)14-10-12-15(8-3)11-7-2/h6,9H,7-8,10-14H2,1-5H3. The molecule has 0 aliphatic rings. The Labute approximate surface area is 104 Å². The van der Waals surface area contributed by atoms with Crippen LogP contribution in [0.4, 0.5) is 0 Å². The van der Waals surface area contributed by atoms with E-state index in [1.165, 1.54) is 44.6 Å². The fraction of sp³-hybridized carbons (Fsp3) is 0.857. The Kier molecular flexibility index (Phi) is 8.95. The van der Waals surface area contributed by atoms with E-state index in [4.69, 9.17) is 0 Å². The van der Waals surface area contributed by atoms with E-state index in [9.17, 15) is 0 Å². The molecule has 96 valence electrons. The lowest BCUT2D eigenvalue weighted by molar-refractivity contribution is 0.289. The second kappa shape index (κ2) is 9.00. The molecule has 0 saturated carbocycles. The van der Waals surface area contributed by atoms with E-state index in [0.29, 0.717) is 0 Å². The molecular weight excluding hydrogens is 210 g/mol. The zero-order valence-corrected chi connectivity index (χ0v) is 13.1. The molecule has 0 aliphatic carbocycles. The fourth-order valence-corrected chi connectivity index (χ4v) is 4.26. The average Bonchev–Trinajstić information content (AvgIpc) is 2.25. The van der Waals surface area contributed by atoms with Gasteiger partial charge in [0.25, 0.3) is 0 Å². The predicted octanol–water partition coefficient (Wildman–Crippen LogP) is 4.39. The van der Waals surface area contributed by atoms with Crippen LogP contribution < -0.4 is 0 Å². The molecular formula is C14H31NSi. The summed E-state index contributed by atoms with van der Waals surface area (Å²) in [5, 5.41) is 0. The summed E-state index contributed by atoms with van der Waals surface area (Å²) in [7, 11) is -0.940. The van der Waals surface area contributed by atoms with Crippen LogP contribution in [0.1, 0.15) is 33.6 Å². The minimum atomic E-state index is -0.940. The summed E-state index contributed by atoms with van der Waals surface area (Å²) in [6.07, 6.45) is 7.23. The van der Waals surface area contributed by atoms with Crippen molar-refractivity contribution in [1.29, 1.82) is 0 Å². The molecule has 0 N–H and O–H groups in total. The monoisotopic (exact) mass is 241 g/mol. The highest BCUT2D eigenvalue weighted by atomic mass is 28.3. The van der Waals surface area contributed by atoms with E-state index < -0.39 is 8.07 Å². The molecule has 0 saturated heterocycles. The summed E-state index contributed by atoms with van der Waals surface area (Å²) in [5.41, 5.74) is 0. The van der Waals surface area contributed by atoms with E-state index >= 15 is 0 Å². The molecule has 1 nitrogen and oxygen atoms in total. The summed E-state index contributed by atoms with van der Waals surface area (Å²) in [4.78, 5) is 2.58. The maximum absolute atomic E-state index is 2.58. The molecule has 2 heteroatoms. The van der Waals surface area contributed by atoms with E-state index in [2.05, 4.69) is 50.9 Å². The van der Waals surface area contributed by atoms with E-state index in [0.717, 1.165) is 0 Å². The van der Waals surface area contributed by atoms with E-state index in [-0.39, 0.29) is 0 Å². The van der Waals surface area contributed by atoms with Gasteiger partial charge in [-0.1, -0.05) is 45.1 Å². The summed E-state index contributed by atoms with van der Waals surface area (Å²) < 4.78 is 0. The van der Waals surface area contributed by atoms with Crippen LogP contribution in [0.15, 0.2) is 12.2 Å². The SMILES string of the molecule is CC=CC[Si](C)(C)CCCN(CC)CCC. The highest BCUT2D eigenvalue weighted by Gasteiger charge is 2.18. The highest BCUT2D eigenvalue weighted by molar-refractivity contribution is 6.77. The van der Waals surface area contributed by atoms with Gasteiger partial charge < -0.3 is 4.90 Å². The van der Waals surface area contributed by atoms with Gasteiger partial charge >= 0.3 is 0 Å². The quantitative estimate of drug-likeness (QED) is 0.427. The Morgan fingerprint density at radius 1 is 1.12 bits per heavy atom. The molecule has 0 radical (unpaired) electrons. The molecule has 0 amide bonds. The van der Waals surface area contributed by atoms with Gasteiger partial charge in [0.1, 0.15) is 0 Å². The molecule has 0 fully saturated rings. The molecule has 0 aromatic rings. The Morgan fingerprint density at radius 3 is 2.31 bits per heavy atom. The molecule has 0 aromatic carbocycles. The Balaban J connectivity index is 3.77. The van der Waals surface area contributed by atoms with Crippen LogP contribution in [0.2, 0.25) is 25.2 Å². The predicted molar refractivity (Wildman–Crippen MR) is 78.9 cm³/mol. The van der Waals surface area contributed by atoms with Crippen LogP contribution in [0.3, 0.4) is 0 Å². The topological polar surface area (TPSA) is 3.24 Å². The molecule has 0 bridgehead atoms. The Bertz CT molecular complexity index is 187. The third kappa shape index (κ3) is 8.11. The minimum absolute atomic E-state index is 0.940. The number of hydrogen-bond donors (Lipinski definition) is 0. The van der Waals surface area contributed by atoms with Gasteiger partial charge in [-0.2, -0.15) is 0 Å². The second-order valence-corrected chi connectivity index (χ2v) is 10.7. The summed E-state index contributed by atoms with van der Waals surface area (Å²) in [5.74, 6) is 0. The van der Waals surface area contributed by atoms with Crippen molar-refractivity contribution in [2.24, 2.45) is 0 Å². The van der Waals surface area contributed by atoms with Crippen molar-refractivity contribution in [2.45, 2.75) is 58.8 Å². The molecule has 0 aromatic heterocycles. The van der Waals surface area contributed by atoms with Gasteiger partial charge in [0.15, 0.2) is 0 Å². The second-order valence-electron chi connectivity index (χ2n) is 5.48. The van der Waals surface area contributed by atoms with Crippen molar-refractivity contribution in [3.05, 3.63) is 12.2 Å². The lowest BCUT2D eigenvalue weighted by Crippen LogP contribution is -2.29. The fourth-order valence-electron chi connectivity index (χ4n) is 2.06. The lowest BCUT2D eigenvalue weighted by atomic mass is 10.3. The van der Waals surface area contributed by atoms with Crippen molar-refractivity contribution >= 4 is 8.07 Å². The summed E-state index contributed by atoms with van der Waals surface area (Å²) in [6, 6.07) is 2.82. The third-order valence-electron chi connectivity index (χ3n) is 3.22. The Hall–Kier alpha value is -0.0831. The van der Waals surface area contributed by atoms with Gasteiger partial charge in [0.05, 0.1) is 8.07 Å². The van der Waals surface area contributed by atoms with Crippen molar-refractivity contribution < 1.29 is 0 Å². The number of hydrogen-bond acceptors (Lipinski definition) is 1. The van der Waals surface area contributed by atoms with Gasteiger partial charge in [0, 0.05) is 0 Å². The van der Waals surface area contributed by atoms with Crippen LogP contribution in [0, 0.1) is 0 Å². The van der Waals surface area contributed by atoms with Crippen molar-refractivity contribution in [1.82, 2.24) is 4.90 Å². The van der Waals surface area contributed by atoms with Gasteiger partial charge in [-0.25, -0.2) is 0 Å². The van der Waals surface area contributed by atoms with Crippen LogP contribution in [0.5, 0.6) is 0 Å². The first kappa shape index (κ1) is 15.9. The lowest BCUT2D eigenvalue weighted by Gasteiger charge is -2.24. The van der Waals surface area contributed by atoms with Gasteiger partial charge in [0.2, 0.25) is 0 Å². The normalized spacial score (nSPS) is 12.9. The molecule has 0 aliphatic heterocycles. The molecule has 0 heterocycles. The summed E-state index contributed by atoms with van der Waals surface area (Å²) >= 11 is 0. The summed E-state index contributed by atoms with van der Waals surface area (Å²) in [6.45, 7) is 15.5. The molecule has 16 heavy (non-hydrogen) atoms. The van der Waals surface area contributed by atoms with Gasteiger partial charge in [-0.3, -0.25) is 0 Å². The third-order valence-corrected chi connectivity index (χ3v) is 6.27. The maximum Gasteiger partial charge on any atom is 0.0511 e. The first-order valence-corrected chi connectivity index (χ1v) is 10.3. The van der Waals surface area contributed by atoms with Crippen LogP contribution in [-0.2, 0) is 0 Å². The van der Waals surface area contributed by atoms with Crippen LogP contribution in [0.25, 0.3) is 0 Å². The zero-order chi connectivity index (χ0) is 12.4. The molecule has 0 rings (SSSR count). The van der Waals surface area contributed by atoms with E-state index in [1.54, 1.807) is 0 Å². The minimum Gasteiger partial charge on any atom is -0.304 e. The number of rotatable bonds is 9. The van der Waals surface area contributed by atoms with Gasteiger partial charge in [-0.05, 0) is 45.4 Å². The highest BCUT2D eigenvalue weighted by Crippen LogP contribution is 2.18. The van der Waals surface area contributed by atoms with Gasteiger partial charge in [-0.15, -0.1) is 0 Å². The molecule has 0 unspecified atom stereocenters. The van der Waals surface area contributed by atoms with Crippen molar-refractivity contribution in [2.75, 3.05) is 19.6 Å². The average molecular weight is 241 g/mol. The number of nitrogens with zero attached hydrogens (tertiary/aromatic N) is 1. The van der Waals surface area contributed by atoms with Crippen molar-refractivity contribution in [3.63, 3.8) is 0 Å². The smallest absolute Gasteiger partial charge is 0.0511 e. The van der Waals surface area contributed by atoms with E-state index in [1.807, 2.05) is 0 Å². The zero-order valence-electron chi connectivity index (χ0n) is 12.1. The first-order chi connectivity index (χ1) is 7.55. The Morgan fingerprint density at radius 2 is 1.81 bits per heavy atom. The number of allylic oxidation sites excluding steroid dienone is 2. The first-order valence-electron chi connectivity index (χ1n) is 6.89. The van der Waals surface area contributed by atoms with Crippen LogP contribution in [-0.4, -0.2) is 32.6 Å². The molecule has 0 atom stereocenters. The largest absolute Gasteiger partial charge is 0.304 e. The maximum atomic E-state index is 2.58. The molecule has 0 spiro atoms.